The number of nitrogens with zero attached hydrogens (tertiary/aromatic N) is 1. The van der Waals surface area contributed by atoms with Gasteiger partial charge >= 0.3 is 5.97 Å². The number of hydrogen-bond donors (Lipinski definition) is 1. The number of esters is 1. The number of amides is 1. The molecule has 154 valence electrons. The molecule has 0 saturated carbocycles. The number of benzene rings is 3. The molecule has 0 aliphatic carbocycles. The first kappa shape index (κ1) is 20.7. The third kappa shape index (κ3) is 4.79. The highest BCUT2D eigenvalue weighted by Gasteiger charge is 2.30. The molecular weight excluding hydrogens is 408 g/mol. The first-order chi connectivity index (χ1) is 15.2. The highest BCUT2D eigenvalue weighted by molar-refractivity contribution is 8.03. The van der Waals surface area contributed by atoms with Crippen LogP contribution in [-0.2, 0) is 20.9 Å². The molecule has 31 heavy (non-hydrogen) atoms. The van der Waals surface area contributed by atoms with Gasteiger partial charge in [0, 0.05) is 12.3 Å². The van der Waals surface area contributed by atoms with Crippen LogP contribution in [0.25, 0.3) is 10.8 Å². The Bertz CT molecular complexity index is 1190. The molecule has 0 saturated heterocycles. The fraction of sp³-hybridized carbons (Fsp3) is 0.160. The van der Waals surface area contributed by atoms with Crippen LogP contribution in [-0.4, -0.2) is 17.6 Å². The molecule has 0 unspecified atom stereocenters. The Morgan fingerprint density at radius 2 is 1.81 bits per heavy atom. The van der Waals surface area contributed by atoms with Crippen LogP contribution in [0.2, 0.25) is 0 Å². The van der Waals surface area contributed by atoms with Gasteiger partial charge in [0.25, 0.3) is 0 Å². The predicted octanol–water partition coefficient (Wildman–Crippen LogP) is 4.66. The van der Waals surface area contributed by atoms with Crippen LogP contribution in [0.1, 0.15) is 23.5 Å². The molecule has 1 amide bonds. The van der Waals surface area contributed by atoms with Gasteiger partial charge in [0.05, 0.1) is 22.4 Å². The van der Waals surface area contributed by atoms with E-state index in [9.17, 15) is 14.9 Å². The lowest BCUT2D eigenvalue weighted by Crippen LogP contribution is -2.31. The minimum Gasteiger partial charge on any atom is -0.460 e. The normalized spacial score (nSPS) is 16.0. The van der Waals surface area contributed by atoms with Gasteiger partial charge < -0.3 is 10.1 Å². The van der Waals surface area contributed by atoms with Crippen molar-refractivity contribution in [2.75, 3.05) is 5.75 Å². The van der Waals surface area contributed by atoms with Crippen LogP contribution in [0.4, 0.5) is 0 Å². The Morgan fingerprint density at radius 3 is 2.61 bits per heavy atom. The number of rotatable bonds is 6. The van der Waals surface area contributed by atoms with Gasteiger partial charge in [-0.25, -0.2) is 0 Å². The molecule has 4 rings (SSSR count). The van der Waals surface area contributed by atoms with Crippen LogP contribution >= 0.6 is 11.8 Å². The standard InChI is InChI=1S/C25H20N2O3S/c26-14-22-21(20-12-6-10-18-9-4-5-11-19(18)20)13-23(28)27-25(22)31-16-24(29)30-15-17-7-2-1-3-8-17/h1-12,21H,13,15-16H2,(H,27,28)/t21-/m0/s1. The Balaban J connectivity index is 1.53. The maximum Gasteiger partial charge on any atom is 0.316 e. The van der Waals surface area contributed by atoms with Gasteiger partial charge in [0.2, 0.25) is 5.91 Å². The highest BCUT2D eigenvalue weighted by Crippen LogP contribution is 2.38. The van der Waals surface area contributed by atoms with Crippen LogP contribution in [0.3, 0.4) is 0 Å². The number of hydrogen-bond acceptors (Lipinski definition) is 5. The third-order valence-corrected chi connectivity index (χ3v) is 6.12. The molecule has 1 N–H and O–H groups in total. The van der Waals surface area contributed by atoms with E-state index in [1.807, 2.05) is 72.8 Å². The quantitative estimate of drug-likeness (QED) is 0.578. The van der Waals surface area contributed by atoms with Crippen molar-refractivity contribution in [2.24, 2.45) is 0 Å². The first-order valence-corrected chi connectivity index (χ1v) is 10.9. The number of thioether (sulfide) groups is 1. The number of nitrogens with one attached hydrogen (secondary N) is 1. The monoisotopic (exact) mass is 428 g/mol. The van der Waals surface area contributed by atoms with Crippen LogP contribution < -0.4 is 5.32 Å². The lowest BCUT2D eigenvalue weighted by molar-refractivity contribution is -0.141. The van der Waals surface area contributed by atoms with Crippen molar-refractivity contribution < 1.29 is 14.3 Å². The van der Waals surface area contributed by atoms with Crippen LogP contribution in [0, 0.1) is 11.3 Å². The van der Waals surface area contributed by atoms with Crippen molar-refractivity contribution >= 4 is 34.4 Å². The summed E-state index contributed by atoms with van der Waals surface area (Å²) in [5.41, 5.74) is 2.31. The topological polar surface area (TPSA) is 79.2 Å². The molecular formula is C25H20N2O3S. The molecule has 0 bridgehead atoms. The van der Waals surface area contributed by atoms with Gasteiger partial charge in [0.15, 0.2) is 0 Å². The maximum absolute atomic E-state index is 12.4. The van der Waals surface area contributed by atoms with Gasteiger partial charge in [-0.3, -0.25) is 9.59 Å². The summed E-state index contributed by atoms with van der Waals surface area (Å²) in [6.45, 7) is 0.190. The largest absolute Gasteiger partial charge is 0.460 e. The van der Waals surface area contributed by atoms with Gasteiger partial charge in [-0.1, -0.05) is 84.6 Å². The molecule has 1 aliphatic rings. The summed E-state index contributed by atoms with van der Waals surface area (Å²) in [7, 11) is 0. The summed E-state index contributed by atoms with van der Waals surface area (Å²) >= 11 is 1.13. The predicted molar refractivity (Wildman–Crippen MR) is 121 cm³/mol. The van der Waals surface area contributed by atoms with Crippen molar-refractivity contribution in [1.82, 2.24) is 5.32 Å². The smallest absolute Gasteiger partial charge is 0.316 e. The molecule has 3 aromatic rings. The number of carbonyl (C=O) groups excluding carboxylic acids is 2. The van der Waals surface area contributed by atoms with Crippen molar-refractivity contribution in [2.45, 2.75) is 18.9 Å². The Morgan fingerprint density at radius 1 is 1.06 bits per heavy atom. The van der Waals surface area contributed by atoms with E-state index in [-0.39, 0.29) is 30.6 Å². The van der Waals surface area contributed by atoms with Crippen molar-refractivity contribution in [1.29, 1.82) is 5.26 Å². The molecule has 0 spiro atoms. The molecule has 1 atom stereocenters. The van der Waals surface area contributed by atoms with Crippen molar-refractivity contribution in [3.63, 3.8) is 0 Å². The van der Waals surface area contributed by atoms with Gasteiger partial charge in [-0.2, -0.15) is 5.26 Å². The summed E-state index contributed by atoms with van der Waals surface area (Å²) < 4.78 is 5.31. The SMILES string of the molecule is N#CC1=C(SCC(=O)OCc2ccccc2)NC(=O)C[C@H]1c1cccc2ccccc12. The zero-order chi connectivity index (χ0) is 21.6. The van der Waals surface area contributed by atoms with E-state index in [1.165, 1.54) is 0 Å². The maximum atomic E-state index is 12.4. The van der Waals surface area contributed by atoms with Gasteiger partial charge in [-0.15, -0.1) is 0 Å². The summed E-state index contributed by atoms with van der Waals surface area (Å²) in [5.74, 6) is -0.916. The van der Waals surface area contributed by atoms with E-state index < -0.39 is 5.97 Å². The van der Waals surface area contributed by atoms with E-state index in [0.29, 0.717) is 10.6 Å². The van der Waals surface area contributed by atoms with E-state index in [4.69, 9.17) is 4.74 Å². The lowest BCUT2D eigenvalue weighted by Gasteiger charge is -2.26. The van der Waals surface area contributed by atoms with E-state index in [2.05, 4.69) is 11.4 Å². The molecule has 6 heteroatoms. The molecule has 0 radical (unpaired) electrons. The second-order valence-electron chi connectivity index (χ2n) is 7.16. The van der Waals surface area contributed by atoms with Gasteiger partial charge in [0.1, 0.15) is 6.61 Å². The summed E-state index contributed by atoms with van der Waals surface area (Å²) in [6, 6.07) is 25.5. The zero-order valence-electron chi connectivity index (χ0n) is 16.7. The summed E-state index contributed by atoms with van der Waals surface area (Å²) in [6.07, 6.45) is 0.194. The third-order valence-electron chi connectivity index (χ3n) is 5.13. The summed E-state index contributed by atoms with van der Waals surface area (Å²) in [5, 5.41) is 15.1. The second kappa shape index (κ2) is 9.50. The fourth-order valence-corrected chi connectivity index (χ4v) is 4.54. The first-order valence-electron chi connectivity index (χ1n) is 9.90. The number of ether oxygens (including phenoxy) is 1. The van der Waals surface area contributed by atoms with Crippen molar-refractivity contribution in [3.05, 3.63) is 94.5 Å². The molecule has 0 fully saturated rings. The lowest BCUT2D eigenvalue weighted by atomic mass is 9.84. The van der Waals surface area contributed by atoms with E-state index in [0.717, 1.165) is 33.7 Å². The highest BCUT2D eigenvalue weighted by atomic mass is 32.2. The van der Waals surface area contributed by atoms with E-state index >= 15 is 0 Å². The molecule has 3 aromatic carbocycles. The number of nitriles is 1. The van der Waals surface area contributed by atoms with Crippen LogP contribution in [0.15, 0.2) is 83.4 Å². The van der Waals surface area contributed by atoms with Crippen LogP contribution in [0.5, 0.6) is 0 Å². The fourth-order valence-electron chi connectivity index (χ4n) is 3.66. The van der Waals surface area contributed by atoms with E-state index in [1.54, 1.807) is 0 Å². The summed E-state index contributed by atoms with van der Waals surface area (Å²) in [4.78, 5) is 24.6. The minimum absolute atomic E-state index is 0.00981. The molecule has 1 aliphatic heterocycles. The van der Waals surface area contributed by atoms with Crippen molar-refractivity contribution in [3.8, 4) is 6.07 Å². The Labute approximate surface area is 184 Å². The Hall–Kier alpha value is -3.56. The molecule has 0 aromatic heterocycles. The zero-order valence-corrected chi connectivity index (χ0v) is 17.5. The molecule has 1 heterocycles. The van der Waals surface area contributed by atoms with Gasteiger partial charge in [-0.05, 0) is 21.9 Å². The minimum atomic E-state index is -0.403. The number of carbonyl (C=O) groups is 2. The number of fused-ring (bicyclic) bond motifs is 1. The molecule has 5 nitrogen and oxygen atoms in total. The Kier molecular flexibility index (Phi) is 6.34. The average molecular weight is 429 g/mol. The number of allylic oxidation sites excluding steroid dienone is 1. The second-order valence-corrected chi connectivity index (χ2v) is 8.15. The average Bonchev–Trinajstić information content (AvgIpc) is 2.81.